The number of benzene rings is 1. The number of nitrogen functional groups attached to an aromatic ring is 1. The molecule has 1 aliphatic rings. The fourth-order valence-corrected chi connectivity index (χ4v) is 1.96. The normalized spacial score (nSPS) is 14.2. The quantitative estimate of drug-likeness (QED) is 0.495. The lowest BCUT2D eigenvalue weighted by Crippen LogP contribution is -2.14. The van der Waals surface area contributed by atoms with E-state index in [9.17, 15) is 9.90 Å². The van der Waals surface area contributed by atoms with E-state index in [1.165, 1.54) is 18.2 Å². The molecule has 4 nitrogen and oxygen atoms in total. The van der Waals surface area contributed by atoms with Crippen LogP contribution in [0.15, 0.2) is 22.7 Å². The number of rotatable bonds is 0. The molecule has 2 rings (SSSR count). The molecule has 1 aromatic carbocycles. The average molecular weight is 267 g/mol. The first-order valence-electron chi connectivity index (χ1n) is 4.14. The molecule has 0 fully saturated rings. The Bertz CT molecular complexity index is 521. The van der Waals surface area contributed by atoms with Crippen molar-refractivity contribution in [2.45, 2.75) is 0 Å². The van der Waals surface area contributed by atoms with Gasteiger partial charge in [0.1, 0.15) is 5.75 Å². The number of allylic oxidation sites excluding steroid dienone is 2. The Morgan fingerprint density at radius 1 is 1.33 bits per heavy atom. The third kappa shape index (κ3) is 1.35. The Morgan fingerprint density at radius 3 is 2.67 bits per heavy atom. The van der Waals surface area contributed by atoms with Crippen molar-refractivity contribution in [1.82, 2.24) is 0 Å². The van der Waals surface area contributed by atoms with Crippen molar-refractivity contribution in [1.29, 1.82) is 5.41 Å². The van der Waals surface area contributed by atoms with Gasteiger partial charge >= 0.3 is 0 Å². The van der Waals surface area contributed by atoms with E-state index in [2.05, 4.69) is 15.9 Å². The molecule has 15 heavy (non-hydrogen) atoms. The number of fused-ring (bicyclic) bond motifs is 1. The number of halogens is 1. The average Bonchev–Trinajstić information content (AvgIpc) is 2.18. The van der Waals surface area contributed by atoms with Crippen molar-refractivity contribution in [3.63, 3.8) is 0 Å². The summed E-state index contributed by atoms with van der Waals surface area (Å²) in [4.78, 5) is 11.5. The Balaban J connectivity index is 2.87. The standard InChI is InChI=1S/C10H7BrN2O2/c11-4-3-6(13)8-7(14)2-1-5(12)9(8)10(4)15/h1-3,12,15H,13H2. The first-order valence-corrected chi connectivity index (χ1v) is 4.94. The number of carbonyl (C=O) groups is 1. The third-order valence-corrected chi connectivity index (χ3v) is 2.81. The molecule has 0 radical (unpaired) electrons. The summed E-state index contributed by atoms with van der Waals surface area (Å²) in [5.74, 6) is -0.414. The zero-order valence-electron chi connectivity index (χ0n) is 7.54. The van der Waals surface area contributed by atoms with Crippen LogP contribution in [0.2, 0.25) is 0 Å². The van der Waals surface area contributed by atoms with Crippen LogP contribution in [0.25, 0.3) is 0 Å². The fraction of sp³-hybridized carbons (Fsp3) is 0. The topological polar surface area (TPSA) is 87.2 Å². The first-order chi connectivity index (χ1) is 7.02. The van der Waals surface area contributed by atoms with Crippen LogP contribution in [-0.4, -0.2) is 16.6 Å². The predicted octanol–water partition coefficient (Wildman–Crippen LogP) is 1.86. The Kier molecular flexibility index (Phi) is 2.12. The van der Waals surface area contributed by atoms with Crippen molar-refractivity contribution in [2.75, 3.05) is 5.73 Å². The number of aromatic hydroxyl groups is 1. The summed E-state index contributed by atoms with van der Waals surface area (Å²) in [5, 5.41) is 17.3. The summed E-state index contributed by atoms with van der Waals surface area (Å²) in [6, 6.07) is 1.46. The summed E-state index contributed by atoms with van der Waals surface area (Å²) in [7, 11) is 0. The number of nitrogens with two attached hydrogens (primary N) is 1. The van der Waals surface area contributed by atoms with Crippen LogP contribution in [0.1, 0.15) is 15.9 Å². The molecular weight excluding hydrogens is 260 g/mol. The van der Waals surface area contributed by atoms with Gasteiger partial charge in [-0.15, -0.1) is 0 Å². The van der Waals surface area contributed by atoms with Crippen molar-refractivity contribution >= 4 is 33.1 Å². The molecule has 0 unspecified atom stereocenters. The Morgan fingerprint density at radius 2 is 2.00 bits per heavy atom. The second kappa shape index (κ2) is 3.20. The molecule has 4 N–H and O–H groups in total. The maximum atomic E-state index is 11.5. The molecule has 1 aromatic rings. The van der Waals surface area contributed by atoms with Crippen molar-refractivity contribution in [2.24, 2.45) is 0 Å². The van der Waals surface area contributed by atoms with Crippen LogP contribution in [0.5, 0.6) is 5.75 Å². The maximum absolute atomic E-state index is 11.5. The van der Waals surface area contributed by atoms with Crippen LogP contribution < -0.4 is 5.73 Å². The molecule has 0 heterocycles. The number of anilines is 1. The van der Waals surface area contributed by atoms with Gasteiger partial charge in [0, 0.05) is 5.69 Å². The Labute approximate surface area is 94.0 Å². The molecule has 0 aromatic heterocycles. The van der Waals surface area contributed by atoms with Crippen LogP contribution in [0.4, 0.5) is 5.69 Å². The lowest BCUT2D eigenvalue weighted by Gasteiger charge is -2.15. The summed E-state index contributed by atoms with van der Waals surface area (Å²) in [6.07, 6.45) is 2.62. The van der Waals surface area contributed by atoms with Crippen LogP contribution in [-0.2, 0) is 0 Å². The van der Waals surface area contributed by atoms with Crippen molar-refractivity contribution in [3.8, 4) is 5.75 Å². The molecule has 0 saturated heterocycles. The molecule has 0 atom stereocenters. The molecular formula is C10H7BrN2O2. The molecule has 0 aliphatic heterocycles. The van der Waals surface area contributed by atoms with Gasteiger partial charge in [-0.3, -0.25) is 4.79 Å². The SMILES string of the molecule is N=C1C=CC(=O)c2c(N)cc(Br)c(O)c21. The van der Waals surface area contributed by atoms with Crippen LogP contribution in [0.3, 0.4) is 0 Å². The van der Waals surface area contributed by atoms with E-state index in [0.717, 1.165) is 0 Å². The molecule has 0 saturated carbocycles. The Hall–Kier alpha value is -1.62. The van der Waals surface area contributed by atoms with Gasteiger partial charge in [0.05, 0.1) is 21.3 Å². The predicted molar refractivity (Wildman–Crippen MR) is 60.5 cm³/mol. The first kappa shape index (κ1) is 9.92. The van der Waals surface area contributed by atoms with E-state index in [-0.39, 0.29) is 34.1 Å². The van der Waals surface area contributed by atoms with Crippen LogP contribution in [0, 0.1) is 5.41 Å². The number of carbonyl (C=O) groups excluding carboxylic acids is 1. The summed E-state index contributed by atoms with van der Waals surface area (Å²) in [5.41, 5.74) is 6.39. The van der Waals surface area contributed by atoms with Crippen molar-refractivity contribution in [3.05, 3.63) is 33.8 Å². The number of nitrogens with one attached hydrogen (secondary N) is 1. The minimum Gasteiger partial charge on any atom is -0.506 e. The largest absolute Gasteiger partial charge is 0.506 e. The monoisotopic (exact) mass is 266 g/mol. The number of hydrogen-bond donors (Lipinski definition) is 3. The second-order valence-corrected chi connectivity index (χ2v) is 4.01. The van der Waals surface area contributed by atoms with E-state index >= 15 is 0 Å². The smallest absolute Gasteiger partial charge is 0.188 e. The highest BCUT2D eigenvalue weighted by atomic mass is 79.9. The van der Waals surface area contributed by atoms with Gasteiger partial charge in [0.15, 0.2) is 5.78 Å². The molecule has 0 amide bonds. The number of phenols is 1. The fourth-order valence-electron chi connectivity index (χ4n) is 1.51. The van der Waals surface area contributed by atoms with Gasteiger partial charge in [-0.25, -0.2) is 0 Å². The van der Waals surface area contributed by atoms with E-state index in [1.54, 1.807) is 0 Å². The molecule has 0 bridgehead atoms. The zero-order chi connectivity index (χ0) is 11.2. The van der Waals surface area contributed by atoms with Gasteiger partial charge in [-0.05, 0) is 34.1 Å². The number of ketones is 1. The maximum Gasteiger partial charge on any atom is 0.188 e. The van der Waals surface area contributed by atoms with E-state index in [0.29, 0.717) is 4.47 Å². The molecule has 5 heteroatoms. The van der Waals surface area contributed by atoms with E-state index in [4.69, 9.17) is 11.1 Å². The summed E-state index contributed by atoms with van der Waals surface area (Å²) >= 11 is 3.11. The lowest BCUT2D eigenvalue weighted by atomic mass is 9.92. The molecule has 1 aliphatic carbocycles. The summed E-state index contributed by atoms with van der Waals surface area (Å²) < 4.78 is 0.381. The lowest BCUT2D eigenvalue weighted by molar-refractivity contribution is 0.104. The van der Waals surface area contributed by atoms with Gasteiger partial charge in [0.25, 0.3) is 0 Å². The van der Waals surface area contributed by atoms with Gasteiger partial charge in [-0.1, -0.05) is 0 Å². The minimum atomic E-state index is -0.290. The van der Waals surface area contributed by atoms with Crippen molar-refractivity contribution < 1.29 is 9.90 Å². The summed E-state index contributed by atoms with van der Waals surface area (Å²) in [6.45, 7) is 0. The van der Waals surface area contributed by atoms with Gasteiger partial charge < -0.3 is 16.2 Å². The second-order valence-electron chi connectivity index (χ2n) is 3.16. The van der Waals surface area contributed by atoms with Gasteiger partial charge in [-0.2, -0.15) is 0 Å². The highest BCUT2D eigenvalue weighted by molar-refractivity contribution is 9.10. The van der Waals surface area contributed by atoms with E-state index < -0.39 is 0 Å². The van der Waals surface area contributed by atoms with Crippen LogP contribution >= 0.6 is 15.9 Å². The minimum absolute atomic E-state index is 0.0788. The van der Waals surface area contributed by atoms with E-state index in [1.807, 2.05) is 0 Å². The highest BCUT2D eigenvalue weighted by Gasteiger charge is 2.24. The molecule has 76 valence electrons. The highest BCUT2D eigenvalue weighted by Crippen LogP contribution is 2.36. The third-order valence-electron chi connectivity index (χ3n) is 2.20. The zero-order valence-corrected chi connectivity index (χ0v) is 9.13. The van der Waals surface area contributed by atoms with Gasteiger partial charge in [0.2, 0.25) is 0 Å². The number of hydrogen-bond acceptors (Lipinski definition) is 4. The molecule has 0 spiro atoms. The number of phenolic OH excluding ortho intramolecular Hbond substituents is 1.